The Morgan fingerprint density at radius 1 is 1.04 bits per heavy atom. The maximum Gasteiger partial charge on any atom is 0.238 e. The van der Waals surface area contributed by atoms with Gasteiger partial charge in [-0.1, -0.05) is 12.1 Å². The summed E-state index contributed by atoms with van der Waals surface area (Å²) in [7, 11) is 1.69. The zero-order valence-corrected chi connectivity index (χ0v) is 15.9. The first-order valence-corrected chi connectivity index (χ1v) is 9.74. The number of fused-ring (bicyclic) bond motifs is 1. The minimum absolute atomic E-state index is 0.0720. The number of rotatable bonds is 5. The van der Waals surface area contributed by atoms with Crippen molar-refractivity contribution in [3.8, 4) is 5.75 Å². The van der Waals surface area contributed by atoms with E-state index in [0.717, 1.165) is 44.0 Å². The van der Waals surface area contributed by atoms with Crippen molar-refractivity contribution >= 4 is 17.3 Å². The van der Waals surface area contributed by atoms with E-state index in [-0.39, 0.29) is 5.91 Å². The lowest BCUT2D eigenvalue weighted by molar-refractivity contribution is -0.117. The van der Waals surface area contributed by atoms with Gasteiger partial charge in [-0.05, 0) is 54.7 Å². The van der Waals surface area contributed by atoms with Gasteiger partial charge in [0.05, 0.1) is 13.7 Å². The number of ether oxygens (including phenoxy) is 1. The number of hydrogen-bond donors (Lipinski definition) is 1. The van der Waals surface area contributed by atoms with Crippen molar-refractivity contribution < 1.29 is 9.53 Å². The van der Waals surface area contributed by atoms with Gasteiger partial charge in [0.25, 0.3) is 0 Å². The molecule has 5 nitrogen and oxygen atoms in total. The summed E-state index contributed by atoms with van der Waals surface area (Å²) >= 11 is 0. The molecule has 2 aromatic rings. The highest BCUT2D eigenvalue weighted by Gasteiger charge is 2.20. The van der Waals surface area contributed by atoms with Crippen molar-refractivity contribution in [3.05, 3.63) is 53.6 Å². The summed E-state index contributed by atoms with van der Waals surface area (Å²) in [5, 5.41) is 3.07. The second-order valence-electron chi connectivity index (χ2n) is 7.35. The van der Waals surface area contributed by atoms with Gasteiger partial charge in [0.1, 0.15) is 5.75 Å². The molecule has 0 unspecified atom stereocenters. The average Bonchev–Trinajstić information content (AvgIpc) is 3.16. The van der Waals surface area contributed by atoms with E-state index in [4.69, 9.17) is 4.74 Å². The van der Waals surface area contributed by atoms with Crippen molar-refractivity contribution in [1.82, 2.24) is 4.90 Å². The lowest BCUT2D eigenvalue weighted by atomic mass is 10.1. The van der Waals surface area contributed by atoms with Crippen molar-refractivity contribution in [2.75, 3.05) is 50.1 Å². The lowest BCUT2D eigenvalue weighted by Crippen LogP contribution is -2.48. The zero-order valence-electron chi connectivity index (χ0n) is 15.9. The molecule has 0 bridgehead atoms. The van der Waals surface area contributed by atoms with E-state index in [1.165, 1.54) is 29.7 Å². The molecule has 0 spiro atoms. The number of hydrogen-bond acceptors (Lipinski definition) is 4. The topological polar surface area (TPSA) is 44.8 Å². The average molecular weight is 365 g/mol. The molecular weight excluding hydrogens is 338 g/mol. The van der Waals surface area contributed by atoms with Crippen LogP contribution in [0.2, 0.25) is 0 Å². The standard InChI is InChI=1S/C22H27N3O2/c1-27-21-7-3-6-20(15-21)25-12-10-24(11-13-25)16-22(26)23-19-9-8-17-4-2-5-18(17)14-19/h3,6-9,14-15H,2,4-5,10-13,16H2,1H3,(H,23,26). The largest absolute Gasteiger partial charge is 0.497 e. The molecule has 27 heavy (non-hydrogen) atoms. The summed E-state index contributed by atoms with van der Waals surface area (Å²) in [6, 6.07) is 14.5. The molecule has 0 radical (unpaired) electrons. The second kappa shape index (κ2) is 8.01. The van der Waals surface area contributed by atoms with E-state index in [2.05, 4.69) is 39.4 Å². The Labute approximate surface area is 160 Å². The summed E-state index contributed by atoms with van der Waals surface area (Å²) in [5.74, 6) is 0.950. The summed E-state index contributed by atoms with van der Waals surface area (Å²) in [6.07, 6.45) is 3.52. The Morgan fingerprint density at radius 2 is 1.85 bits per heavy atom. The highest BCUT2D eigenvalue weighted by Crippen LogP contribution is 2.25. The number of carbonyl (C=O) groups is 1. The van der Waals surface area contributed by atoms with Crippen LogP contribution in [0, 0.1) is 0 Å². The third kappa shape index (κ3) is 4.25. The van der Waals surface area contributed by atoms with Crippen molar-refractivity contribution in [2.45, 2.75) is 19.3 Å². The molecule has 1 heterocycles. The molecule has 0 saturated carbocycles. The number of carbonyl (C=O) groups excluding carboxylic acids is 1. The van der Waals surface area contributed by atoms with E-state index >= 15 is 0 Å². The second-order valence-corrected chi connectivity index (χ2v) is 7.35. The fourth-order valence-electron chi connectivity index (χ4n) is 4.02. The van der Waals surface area contributed by atoms with Crippen molar-refractivity contribution in [2.24, 2.45) is 0 Å². The number of methoxy groups -OCH3 is 1. The molecule has 142 valence electrons. The van der Waals surface area contributed by atoms with Gasteiger partial charge in [-0.15, -0.1) is 0 Å². The van der Waals surface area contributed by atoms with E-state index < -0.39 is 0 Å². The molecule has 0 atom stereocenters. The first-order valence-electron chi connectivity index (χ1n) is 9.74. The molecule has 1 amide bonds. The first kappa shape index (κ1) is 17.9. The highest BCUT2D eigenvalue weighted by atomic mass is 16.5. The molecule has 2 aromatic carbocycles. The molecule has 1 N–H and O–H groups in total. The fraction of sp³-hybridized carbons (Fsp3) is 0.409. The Bertz CT molecular complexity index is 813. The Kier molecular flexibility index (Phi) is 5.30. The molecule has 0 aromatic heterocycles. The summed E-state index contributed by atoms with van der Waals surface area (Å²) < 4.78 is 5.31. The third-order valence-electron chi connectivity index (χ3n) is 5.54. The van der Waals surface area contributed by atoms with Crippen LogP contribution in [0.3, 0.4) is 0 Å². The molecule has 1 saturated heterocycles. The van der Waals surface area contributed by atoms with Crippen LogP contribution in [0.5, 0.6) is 5.75 Å². The molecule has 1 aliphatic heterocycles. The first-order chi connectivity index (χ1) is 13.2. The van der Waals surface area contributed by atoms with Gasteiger partial charge in [-0.25, -0.2) is 0 Å². The summed E-state index contributed by atoms with van der Waals surface area (Å²) in [6.45, 7) is 4.05. The highest BCUT2D eigenvalue weighted by molar-refractivity contribution is 5.92. The molecular formula is C22H27N3O2. The third-order valence-corrected chi connectivity index (χ3v) is 5.54. The number of piperazine rings is 1. The molecule has 1 fully saturated rings. The van der Waals surface area contributed by atoms with E-state index in [1.54, 1.807) is 7.11 Å². The van der Waals surface area contributed by atoms with E-state index in [1.807, 2.05) is 18.2 Å². The fourth-order valence-corrected chi connectivity index (χ4v) is 4.02. The monoisotopic (exact) mass is 365 g/mol. The minimum atomic E-state index is 0.0720. The number of nitrogens with one attached hydrogen (secondary N) is 1. The Morgan fingerprint density at radius 3 is 2.67 bits per heavy atom. The Balaban J connectivity index is 1.28. The van der Waals surface area contributed by atoms with Crippen LogP contribution in [0.15, 0.2) is 42.5 Å². The molecule has 2 aliphatic rings. The number of nitrogens with zero attached hydrogens (tertiary/aromatic N) is 2. The smallest absolute Gasteiger partial charge is 0.238 e. The van der Waals surface area contributed by atoms with Crippen LogP contribution >= 0.6 is 0 Å². The number of amides is 1. The van der Waals surface area contributed by atoms with Gasteiger partial charge >= 0.3 is 0 Å². The number of benzene rings is 2. The van der Waals surface area contributed by atoms with Gasteiger partial charge in [0.2, 0.25) is 5.91 Å². The number of aryl methyl sites for hydroxylation is 2. The van der Waals surface area contributed by atoms with E-state index in [9.17, 15) is 4.79 Å². The Hall–Kier alpha value is -2.53. The van der Waals surface area contributed by atoms with Crippen molar-refractivity contribution in [3.63, 3.8) is 0 Å². The normalized spacial score (nSPS) is 16.9. The predicted octanol–water partition coefficient (Wildman–Crippen LogP) is 2.94. The quantitative estimate of drug-likeness (QED) is 0.885. The van der Waals surface area contributed by atoms with Crippen molar-refractivity contribution in [1.29, 1.82) is 0 Å². The molecule has 5 heteroatoms. The SMILES string of the molecule is COc1cccc(N2CCN(CC(=O)Nc3ccc4c(c3)CCC4)CC2)c1. The molecule has 4 rings (SSSR count). The lowest BCUT2D eigenvalue weighted by Gasteiger charge is -2.35. The van der Waals surface area contributed by atoms with Gasteiger partial charge < -0.3 is 15.0 Å². The van der Waals surface area contributed by atoms with Gasteiger partial charge in [0, 0.05) is 43.6 Å². The predicted molar refractivity (Wildman–Crippen MR) is 109 cm³/mol. The van der Waals surface area contributed by atoms with Crippen LogP contribution in [-0.2, 0) is 17.6 Å². The summed E-state index contributed by atoms with van der Waals surface area (Å²) in [5.41, 5.74) is 4.92. The van der Waals surface area contributed by atoms with Gasteiger partial charge in [-0.3, -0.25) is 9.69 Å². The number of anilines is 2. The summed E-state index contributed by atoms with van der Waals surface area (Å²) in [4.78, 5) is 17.0. The van der Waals surface area contributed by atoms with Crippen LogP contribution < -0.4 is 15.0 Å². The van der Waals surface area contributed by atoms with Gasteiger partial charge in [0.15, 0.2) is 0 Å². The van der Waals surface area contributed by atoms with Crippen LogP contribution in [0.25, 0.3) is 0 Å². The van der Waals surface area contributed by atoms with Crippen LogP contribution in [0.4, 0.5) is 11.4 Å². The van der Waals surface area contributed by atoms with Crippen LogP contribution in [-0.4, -0.2) is 50.6 Å². The zero-order chi connectivity index (χ0) is 18.6. The maximum absolute atomic E-state index is 12.4. The van der Waals surface area contributed by atoms with E-state index in [0.29, 0.717) is 6.54 Å². The maximum atomic E-state index is 12.4. The molecule has 1 aliphatic carbocycles. The van der Waals surface area contributed by atoms with Crippen LogP contribution in [0.1, 0.15) is 17.5 Å². The minimum Gasteiger partial charge on any atom is -0.497 e. The van der Waals surface area contributed by atoms with Gasteiger partial charge in [-0.2, -0.15) is 0 Å².